The van der Waals surface area contributed by atoms with Crippen molar-refractivity contribution in [2.75, 3.05) is 31.6 Å². The van der Waals surface area contributed by atoms with Gasteiger partial charge >= 0.3 is 12.1 Å². The molecule has 5 aliphatic rings. The Morgan fingerprint density at radius 3 is 2.40 bits per heavy atom. The number of nitrogens with one attached hydrogen (secondary N) is 1. The van der Waals surface area contributed by atoms with Gasteiger partial charge in [-0.2, -0.15) is 0 Å². The molecule has 9 rings (SSSR count). The number of piperidine rings is 3. The second-order valence-corrected chi connectivity index (χ2v) is 15.3. The second-order valence-electron chi connectivity index (χ2n) is 14.5. The topological polar surface area (TPSA) is 91.7 Å². The lowest BCUT2D eigenvalue weighted by atomic mass is 10.0. The van der Waals surface area contributed by atoms with Crippen LogP contribution >= 0.6 is 23.2 Å². The minimum Gasteiger partial charge on any atom is -0.493 e. The van der Waals surface area contributed by atoms with E-state index in [1.165, 1.54) is 11.0 Å². The molecule has 3 aromatic carbocycles. The summed E-state index contributed by atoms with van der Waals surface area (Å²) in [5.41, 5.74) is 1.93. The number of methoxy groups -OCH3 is 1. The molecular weight excluding hydrogens is 720 g/mol. The average Bonchev–Trinajstić information content (AvgIpc) is 3.42. The molecule has 276 valence electrons. The van der Waals surface area contributed by atoms with E-state index in [2.05, 4.69) is 9.88 Å². The lowest BCUT2D eigenvalue weighted by molar-refractivity contribution is -0.377. The molecular formula is C41H41Cl2FN3O6+. The minimum absolute atomic E-state index is 0.0461. The predicted molar refractivity (Wildman–Crippen MR) is 197 cm³/mol. The maximum Gasteiger partial charge on any atom is 0.415 e. The van der Waals surface area contributed by atoms with Gasteiger partial charge in [0.25, 0.3) is 0 Å². The number of carbonyl (C=O) groups excluding carboxylic acids is 2. The number of ether oxygens (including phenoxy) is 4. The number of H-pyrrole nitrogens is 1. The summed E-state index contributed by atoms with van der Waals surface area (Å²) < 4.78 is 39.5. The van der Waals surface area contributed by atoms with Gasteiger partial charge in [-0.3, -0.25) is 9.80 Å². The van der Waals surface area contributed by atoms with Crippen molar-refractivity contribution in [1.82, 2.24) is 4.90 Å². The summed E-state index contributed by atoms with van der Waals surface area (Å²) in [7, 11) is 1.59. The van der Waals surface area contributed by atoms with Gasteiger partial charge in [-0.1, -0.05) is 53.5 Å². The van der Waals surface area contributed by atoms with E-state index in [0.29, 0.717) is 55.6 Å². The Morgan fingerprint density at radius 1 is 0.981 bits per heavy atom. The molecule has 4 aromatic rings. The van der Waals surface area contributed by atoms with Gasteiger partial charge in [-0.15, -0.1) is 0 Å². The van der Waals surface area contributed by atoms with Gasteiger partial charge in [0.2, 0.25) is 0 Å². The minimum atomic E-state index is -0.782. The number of benzene rings is 3. The average molecular weight is 762 g/mol. The number of anilines is 1. The van der Waals surface area contributed by atoms with Crippen LogP contribution in [0.4, 0.5) is 14.9 Å². The molecule has 3 saturated heterocycles. The fourth-order valence-electron chi connectivity index (χ4n) is 8.42. The number of rotatable bonds is 12. The van der Waals surface area contributed by atoms with Crippen LogP contribution in [0.25, 0.3) is 0 Å². The lowest BCUT2D eigenvalue weighted by Gasteiger charge is -2.31. The first-order valence-electron chi connectivity index (χ1n) is 18.2. The number of hydrogen-bond donors (Lipinski definition) is 0. The Bertz CT molecular complexity index is 1980. The molecule has 9 nitrogen and oxygen atoms in total. The highest BCUT2D eigenvalue weighted by atomic mass is 35.5. The number of carbonyl (C=O) groups is 2. The van der Waals surface area contributed by atoms with Crippen molar-refractivity contribution in [3.05, 3.63) is 117 Å². The smallest absolute Gasteiger partial charge is 0.415 e. The van der Waals surface area contributed by atoms with Crippen LogP contribution in [0.5, 0.6) is 11.5 Å². The molecule has 0 radical (unpaired) electrons. The highest BCUT2D eigenvalue weighted by molar-refractivity contribution is 6.35. The molecule has 12 heteroatoms. The maximum atomic E-state index is 15.1. The molecule has 1 amide bonds. The zero-order valence-electron chi connectivity index (χ0n) is 29.4. The molecule has 2 saturated carbocycles. The Balaban J connectivity index is 1.02. The van der Waals surface area contributed by atoms with E-state index in [0.717, 1.165) is 51.7 Å². The van der Waals surface area contributed by atoms with Crippen LogP contribution < -0.4 is 19.4 Å². The summed E-state index contributed by atoms with van der Waals surface area (Å²) in [6, 6.07) is 18.4. The van der Waals surface area contributed by atoms with E-state index in [-0.39, 0.29) is 24.8 Å². The molecule has 4 heterocycles. The van der Waals surface area contributed by atoms with Crippen LogP contribution in [0, 0.1) is 17.7 Å². The van der Waals surface area contributed by atoms with Gasteiger partial charge in [-0.25, -0.2) is 19.0 Å². The third-order valence-corrected chi connectivity index (χ3v) is 12.0. The molecule has 4 bridgehead atoms. The van der Waals surface area contributed by atoms with E-state index in [1.807, 2.05) is 18.2 Å². The summed E-state index contributed by atoms with van der Waals surface area (Å²) in [5, 5.41) is 0.818. The van der Waals surface area contributed by atoms with Crippen LogP contribution in [0.15, 0.2) is 79.1 Å². The van der Waals surface area contributed by atoms with E-state index >= 15 is 4.39 Å². The van der Waals surface area contributed by atoms with Crippen LogP contribution in [0.3, 0.4) is 0 Å². The molecule has 3 aliphatic heterocycles. The van der Waals surface area contributed by atoms with E-state index in [1.54, 1.807) is 62.0 Å². The van der Waals surface area contributed by atoms with Gasteiger partial charge in [0.05, 0.1) is 31.0 Å². The largest absolute Gasteiger partial charge is 0.493 e. The highest BCUT2D eigenvalue weighted by Crippen LogP contribution is 2.63. The fraction of sp³-hybridized carbons (Fsp3) is 0.390. The van der Waals surface area contributed by atoms with Crippen molar-refractivity contribution in [3.63, 3.8) is 0 Å². The Hall–Kier alpha value is -4.38. The normalized spacial score (nSPS) is 23.3. The first-order chi connectivity index (χ1) is 25.7. The monoisotopic (exact) mass is 760 g/mol. The molecule has 2 aliphatic carbocycles. The summed E-state index contributed by atoms with van der Waals surface area (Å²) in [5.74, 6) is 0.779. The van der Waals surface area contributed by atoms with Gasteiger partial charge in [0, 0.05) is 36.9 Å². The molecule has 0 spiro atoms. The third-order valence-electron chi connectivity index (χ3n) is 11.3. The zero-order valence-corrected chi connectivity index (χ0v) is 30.9. The van der Waals surface area contributed by atoms with Crippen molar-refractivity contribution in [2.24, 2.45) is 11.8 Å². The summed E-state index contributed by atoms with van der Waals surface area (Å²) in [6.07, 6.45) is 7.34. The SMILES string of the molecule is COc1ccc([C@@H](Cc2c(Cl)c[nH+]cc2Cl)OC(=O)c2ccc(CN(C(=O)O[C@]34CN5CCC3C4C5)c3ccccc3F)cc2)cc1OC1CCCC1. The van der Waals surface area contributed by atoms with E-state index < -0.39 is 29.6 Å². The number of aromatic nitrogens is 1. The fourth-order valence-corrected chi connectivity index (χ4v) is 8.96. The second kappa shape index (κ2) is 14.8. The summed E-state index contributed by atoms with van der Waals surface area (Å²) >= 11 is 13.1. The Labute approximate surface area is 317 Å². The highest BCUT2D eigenvalue weighted by Gasteiger charge is 2.74. The number of fused-ring (bicyclic) bond motifs is 1. The molecule has 53 heavy (non-hydrogen) atoms. The van der Waals surface area contributed by atoms with E-state index in [4.69, 9.17) is 42.1 Å². The number of hydrogen-bond acceptors (Lipinski definition) is 7. The Morgan fingerprint density at radius 2 is 1.74 bits per heavy atom. The zero-order chi connectivity index (χ0) is 36.7. The van der Waals surface area contributed by atoms with Gasteiger partial charge in [0.1, 0.15) is 27.6 Å². The van der Waals surface area contributed by atoms with Crippen LogP contribution in [0.2, 0.25) is 10.0 Å². The van der Waals surface area contributed by atoms with E-state index in [9.17, 15) is 9.59 Å². The number of halogens is 3. The predicted octanol–water partition coefficient (Wildman–Crippen LogP) is 8.26. The number of pyridine rings is 1. The number of amides is 1. The van der Waals surface area contributed by atoms with Crippen molar-refractivity contribution in [3.8, 4) is 11.5 Å². The van der Waals surface area contributed by atoms with Crippen molar-refractivity contribution >= 4 is 41.0 Å². The van der Waals surface area contributed by atoms with Crippen molar-refractivity contribution < 1.29 is 37.9 Å². The standard InChI is InChI=1S/C41H40Cl2FN3O6/c1-50-36-15-14-27(18-38(36)51-28-6-2-3-7-28)37(19-29-32(42)20-45-21-33(29)43)52-39(48)26-12-10-25(11-13-26)22-47(35-9-5-4-8-34(35)44)40(49)53-41-24-46-17-16-30(41)31(41)23-46/h4-5,8-15,18,20-21,28,30-31,37H,2-3,6-7,16-17,19,22-24H2,1H3/p+1/t30?,31?,37-,41-/m1/s1. The van der Waals surface area contributed by atoms with Gasteiger partial charge in [-0.05, 0) is 86.2 Å². The van der Waals surface area contributed by atoms with Crippen LogP contribution in [0.1, 0.15) is 65.3 Å². The molecule has 3 unspecified atom stereocenters. The first-order valence-corrected chi connectivity index (χ1v) is 18.9. The number of para-hydroxylation sites is 1. The lowest BCUT2D eigenvalue weighted by Crippen LogP contribution is -2.42. The quantitative estimate of drug-likeness (QED) is 0.134. The first kappa shape index (κ1) is 35.6. The Kier molecular flexibility index (Phi) is 9.95. The van der Waals surface area contributed by atoms with Crippen LogP contribution in [-0.2, 0) is 22.4 Å². The number of nitrogens with zero attached hydrogens (tertiary/aromatic N) is 2. The molecule has 5 fully saturated rings. The summed E-state index contributed by atoms with van der Waals surface area (Å²) in [4.78, 5) is 34.1. The molecule has 5 atom stereocenters. The van der Waals surface area contributed by atoms with Gasteiger partial charge < -0.3 is 18.9 Å². The maximum absolute atomic E-state index is 15.1. The third kappa shape index (κ3) is 7.16. The molecule has 1 N–H and O–H groups in total. The summed E-state index contributed by atoms with van der Waals surface area (Å²) in [6.45, 7) is 2.73. The van der Waals surface area contributed by atoms with Crippen molar-refractivity contribution in [1.29, 1.82) is 0 Å². The molecule has 1 aromatic heterocycles. The number of aromatic amines is 1. The van der Waals surface area contributed by atoms with Gasteiger partial charge in [0.15, 0.2) is 23.9 Å². The van der Waals surface area contributed by atoms with Crippen LogP contribution in [-0.4, -0.2) is 55.4 Å². The number of esters is 1. The van der Waals surface area contributed by atoms with Crippen molar-refractivity contribution in [2.45, 2.75) is 62.9 Å².